The van der Waals surface area contributed by atoms with E-state index in [0.717, 1.165) is 31.9 Å². The first-order valence-corrected chi connectivity index (χ1v) is 5.71. The average molecular weight is 286 g/mol. The van der Waals surface area contributed by atoms with Gasteiger partial charge in [0.25, 0.3) is 0 Å². The molecule has 1 aromatic carbocycles. The summed E-state index contributed by atoms with van der Waals surface area (Å²) in [5, 5.41) is 3.33. The monoisotopic (exact) mass is 285 g/mol. The molecule has 1 aliphatic heterocycles. The van der Waals surface area contributed by atoms with E-state index >= 15 is 0 Å². The predicted octanol–water partition coefficient (Wildman–Crippen LogP) is 2.42. The van der Waals surface area contributed by atoms with Crippen molar-refractivity contribution in [3.8, 4) is 0 Å². The maximum atomic E-state index is 4.45. The molecule has 0 aliphatic carbocycles. The van der Waals surface area contributed by atoms with E-state index in [1.165, 1.54) is 11.3 Å². The van der Waals surface area contributed by atoms with Gasteiger partial charge in [0.15, 0.2) is 0 Å². The second kappa shape index (κ2) is 6.78. The summed E-state index contributed by atoms with van der Waals surface area (Å²) in [4.78, 5) is 4.45. The Labute approximate surface area is 119 Å². The van der Waals surface area contributed by atoms with E-state index in [1.54, 1.807) is 0 Å². The molecule has 5 heteroatoms. The zero-order valence-electron chi connectivity index (χ0n) is 10.0. The van der Waals surface area contributed by atoms with E-state index in [9.17, 15) is 0 Å². The SMILES string of the molecule is Cl.Cl.c1ccc(Cc2cnc3n2CCNC3)cc1. The molecule has 2 heterocycles. The van der Waals surface area contributed by atoms with E-state index in [2.05, 4.69) is 45.2 Å². The van der Waals surface area contributed by atoms with Gasteiger partial charge in [-0.15, -0.1) is 24.8 Å². The Kier molecular flexibility index (Phi) is 5.66. The van der Waals surface area contributed by atoms with E-state index in [-0.39, 0.29) is 24.8 Å². The number of hydrogen-bond donors (Lipinski definition) is 1. The molecule has 98 valence electrons. The fourth-order valence-corrected chi connectivity index (χ4v) is 2.21. The predicted molar refractivity (Wildman–Crippen MR) is 77.7 cm³/mol. The quantitative estimate of drug-likeness (QED) is 0.919. The molecule has 0 spiro atoms. The first-order chi connectivity index (χ1) is 7.93. The highest BCUT2D eigenvalue weighted by Gasteiger charge is 2.13. The van der Waals surface area contributed by atoms with Crippen molar-refractivity contribution in [3.05, 3.63) is 53.6 Å². The van der Waals surface area contributed by atoms with Crippen LogP contribution >= 0.6 is 24.8 Å². The fourth-order valence-electron chi connectivity index (χ4n) is 2.21. The largest absolute Gasteiger partial charge is 0.329 e. The Morgan fingerprint density at radius 1 is 1.17 bits per heavy atom. The first-order valence-electron chi connectivity index (χ1n) is 5.71. The van der Waals surface area contributed by atoms with Crippen molar-refractivity contribution in [2.45, 2.75) is 19.5 Å². The van der Waals surface area contributed by atoms with E-state index in [4.69, 9.17) is 0 Å². The third kappa shape index (κ3) is 3.05. The van der Waals surface area contributed by atoms with Crippen LogP contribution in [0.15, 0.2) is 36.5 Å². The van der Waals surface area contributed by atoms with Crippen LogP contribution in [0.2, 0.25) is 0 Å². The minimum atomic E-state index is 0. The van der Waals surface area contributed by atoms with Crippen LogP contribution in [0.3, 0.4) is 0 Å². The lowest BCUT2D eigenvalue weighted by Gasteiger charge is -2.17. The van der Waals surface area contributed by atoms with Crippen LogP contribution in [0, 0.1) is 0 Å². The highest BCUT2D eigenvalue weighted by Crippen LogP contribution is 2.13. The molecule has 0 saturated carbocycles. The van der Waals surface area contributed by atoms with Gasteiger partial charge in [0.1, 0.15) is 5.82 Å². The van der Waals surface area contributed by atoms with Crippen LogP contribution in [0.5, 0.6) is 0 Å². The van der Waals surface area contributed by atoms with E-state index < -0.39 is 0 Å². The summed E-state index contributed by atoms with van der Waals surface area (Å²) in [6.07, 6.45) is 2.99. The molecule has 0 saturated heterocycles. The van der Waals surface area contributed by atoms with Gasteiger partial charge < -0.3 is 9.88 Å². The molecule has 18 heavy (non-hydrogen) atoms. The number of fused-ring (bicyclic) bond motifs is 1. The van der Waals surface area contributed by atoms with Gasteiger partial charge in [0.05, 0.1) is 6.54 Å². The number of imidazole rings is 1. The molecular formula is C13H17Cl2N3. The zero-order chi connectivity index (χ0) is 10.8. The second-order valence-corrected chi connectivity index (χ2v) is 4.16. The topological polar surface area (TPSA) is 29.9 Å². The van der Waals surface area contributed by atoms with Crippen molar-refractivity contribution in [3.63, 3.8) is 0 Å². The second-order valence-electron chi connectivity index (χ2n) is 4.16. The lowest BCUT2D eigenvalue weighted by molar-refractivity contribution is 0.496. The van der Waals surface area contributed by atoms with Gasteiger partial charge in [-0.2, -0.15) is 0 Å². The van der Waals surface area contributed by atoms with Gasteiger partial charge in [-0.05, 0) is 5.56 Å². The van der Waals surface area contributed by atoms with Crippen molar-refractivity contribution in [2.75, 3.05) is 6.54 Å². The molecule has 3 rings (SSSR count). The van der Waals surface area contributed by atoms with Gasteiger partial charge in [0.2, 0.25) is 0 Å². The smallest absolute Gasteiger partial charge is 0.122 e. The Balaban J connectivity index is 0.000000810. The number of halogens is 2. The number of nitrogens with zero attached hydrogens (tertiary/aromatic N) is 2. The summed E-state index contributed by atoms with van der Waals surface area (Å²) in [6, 6.07) is 10.6. The van der Waals surface area contributed by atoms with Gasteiger partial charge in [-0.25, -0.2) is 4.98 Å². The molecule has 0 amide bonds. The van der Waals surface area contributed by atoms with Crippen molar-refractivity contribution in [1.82, 2.24) is 14.9 Å². The molecular weight excluding hydrogens is 269 g/mol. The number of aromatic nitrogens is 2. The van der Waals surface area contributed by atoms with Gasteiger partial charge in [0, 0.05) is 31.4 Å². The lowest BCUT2D eigenvalue weighted by atomic mass is 10.1. The normalized spacial score (nSPS) is 13.1. The van der Waals surface area contributed by atoms with Crippen molar-refractivity contribution in [1.29, 1.82) is 0 Å². The minimum Gasteiger partial charge on any atom is -0.329 e. The average Bonchev–Trinajstić information content (AvgIpc) is 2.74. The minimum absolute atomic E-state index is 0. The molecule has 0 bridgehead atoms. The van der Waals surface area contributed by atoms with Crippen molar-refractivity contribution >= 4 is 24.8 Å². The van der Waals surface area contributed by atoms with Crippen LogP contribution in [-0.2, 0) is 19.5 Å². The lowest BCUT2D eigenvalue weighted by Crippen LogP contribution is -2.29. The number of benzene rings is 1. The fraction of sp³-hybridized carbons (Fsp3) is 0.308. The van der Waals surface area contributed by atoms with Crippen LogP contribution in [0.25, 0.3) is 0 Å². The van der Waals surface area contributed by atoms with Crippen LogP contribution in [-0.4, -0.2) is 16.1 Å². The first kappa shape index (κ1) is 15.0. The number of rotatable bonds is 2. The summed E-state index contributed by atoms with van der Waals surface area (Å²) in [5.41, 5.74) is 2.67. The Morgan fingerprint density at radius 3 is 2.72 bits per heavy atom. The van der Waals surface area contributed by atoms with Crippen LogP contribution in [0.1, 0.15) is 17.1 Å². The Bertz CT molecular complexity index is 482. The summed E-state index contributed by atoms with van der Waals surface area (Å²) < 4.78 is 2.34. The number of nitrogens with one attached hydrogen (secondary N) is 1. The van der Waals surface area contributed by atoms with Gasteiger partial charge in [-0.1, -0.05) is 30.3 Å². The molecule has 0 atom stereocenters. The molecule has 1 N–H and O–H groups in total. The van der Waals surface area contributed by atoms with Crippen molar-refractivity contribution < 1.29 is 0 Å². The summed E-state index contributed by atoms with van der Waals surface area (Å²) in [5.74, 6) is 1.16. The maximum Gasteiger partial charge on any atom is 0.122 e. The van der Waals surface area contributed by atoms with Crippen LogP contribution in [0.4, 0.5) is 0 Å². The molecule has 0 fully saturated rings. The van der Waals surface area contributed by atoms with E-state index in [0.29, 0.717) is 0 Å². The van der Waals surface area contributed by atoms with Crippen molar-refractivity contribution in [2.24, 2.45) is 0 Å². The summed E-state index contributed by atoms with van der Waals surface area (Å²) in [7, 11) is 0. The highest BCUT2D eigenvalue weighted by atomic mass is 35.5. The maximum absolute atomic E-state index is 4.45. The highest BCUT2D eigenvalue weighted by molar-refractivity contribution is 5.85. The molecule has 0 unspecified atom stereocenters. The summed E-state index contributed by atoms with van der Waals surface area (Å²) >= 11 is 0. The Morgan fingerprint density at radius 2 is 1.94 bits per heavy atom. The van der Waals surface area contributed by atoms with Gasteiger partial charge in [-0.3, -0.25) is 0 Å². The molecule has 2 aromatic rings. The standard InChI is InChI=1S/C13H15N3.2ClH/c1-2-4-11(5-3-1)8-12-9-15-13-10-14-6-7-16(12)13;;/h1-5,9,14H,6-8,10H2;2*1H. The molecule has 1 aromatic heterocycles. The molecule has 3 nitrogen and oxygen atoms in total. The summed E-state index contributed by atoms with van der Waals surface area (Å²) in [6.45, 7) is 2.98. The zero-order valence-corrected chi connectivity index (χ0v) is 11.6. The third-order valence-corrected chi connectivity index (χ3v) is 3.04. The molecule has 0 radical (unpaired) electrons. The third-order valence-electron chi connectivity index (χ3n) is 3.04. The van der Waals surface area contributed by atoms with E-state index in [1.807, 2.05) is 6.20 Å². The number of hydrogen-bond acceptors (Lipinski definition) is 2. The van der Waals surface area contributed by atoms with Crippen LogP contribution < -0.4 is 5.32 Å². The Hall–Kier alpha value is -1.03. The molecule has 1 aliphatic rings. The van der Waals surface area contributed by atoms with Gasteiger partial charge >= 0.3 is 0 Å².